The second kappa shape index (κ2) is 5.03. The molecule has 98 valence electrons. The summed E-state index contributed by atoms with van der Waals surface area (Å²) in [4.78, 5) is 0. The minimum Gasteiger partial charge on any atom is -0.378 e. The molecule has 0 amide bonds. The fourth-order valence-electron chi connectivity index (χ4n) is 2.52. The van der Waals surface area contributed by atoms with Gasteiger partial charge in [0.1, 0.15) is 5.82 Å². The highest BCUT2D eigenvalue weighted by Crippen LogP contribution is 2.35. The van der Waals surface area contributed by atoms with Crippen LogP contribution in [0.4, 0.5) is 10.1 Å². The third-order valence-electron chi connectivity index (χ3n) is 3.44. The van der Waals surface area contributed by atoms with Crippen LogP contribution in [0.2, 0.25) is 10.0 Å². The molecule has 1 atom stereocenters. The summed E-state index contributed by atoms with van der Waals surface area (Å²) in [7, 11) is 0. The van der Waals surface area contributed by atoms with E-state index in [0.717, 1.165) is 23.6 Å². The van der Waals surface area contributed by atoms with Crippen molar-refractivity contribution < 1.29 is 4.39 Å². The first-order valence-corrected chi connectivity index (χ1v) is 6.89. The lowest BCUT2D eigenvalue weighted by molar-refractivity contribution is 0.628. The van der Waals surface area contributed by atoms with Gasteiger partial charge in [-0.1, -0.05) is 29.3 Å². The molecule has 1 N–H and O–H groups in total. The van der Waals surface area contributed by atoms with E-state index in [4.69, 9.17) is 23.2 Å². The molecule has 3 rings (SSSR count). The van der Waals surface area contributed by atoms with Crippen molar-refractivity contribution in [2.75, 3.05) is 5.32 Å². The van der Waals surface area contributed by atoms with Crippen molar-refractivity contribution >= 4 is 28.9 Å². The van der Waals surface area contributed by atoms with Crippen molar-refractivity contribution in [2.45, 2.75) is 18.9 Å². The Morgan fingerprint density at radius 2 is 1.95 bits per heavy atom. The average molecular weight is 296 g/mol. The lowest BCUT2D eigenvalue weighted by Gasteiger charge is -2.16. The monoisotopic (exact) mass is 295 g/mol. The minimum absolute atomic E-state index is 0.138. The Hall–Kier alpha value is -1.25. The number of hydrogen-bond donors (Lipinski definition) is 1. The van der Waals surface area contributed by atoms with Crippen molar-refractivity contribution in [1.29, 1.82) is 0 Å². The lowest BCUT2D eigenvalue weighted by atomic mass is 10.1. The van der Waals surface area contributed by atoms with Gasteiger partial charge in [0.15, 0.2) is 0 Å². The standard InChI is InChI=1S/C15H12Cl2FN/c16-10-2-4-12-9(7-10)1-6-15(12)19-11-3-5-14(18)13(17)8-11/h2-5,7-8,15,19H,1,6H2. The van der Waals surface area contributed by atoms with Crippen LogP contribution in [0.3, 0.4) is 0 Å². The summed E-state index contributed by atoms with van der Waals surface area (Å²) in [5, 5.41) is 4.30. The van der Waals surface area contributed by atoms with Crippen molar-refractivity contribution in [3.63, 3.8) is 0 Å². The molecule has 0 saturated carbocycles. The van der Waals surface area contributed by atoms with E-state index < -0.39 is 5.82 Å². The number of benzene rings is 2. The largest absolute Gasteiger partial charge is 0.378 e. The first kappa shape index (κ1) is 12.8. The van der Waals surface area contributed by atoms with E-state index in [1.54, 1.807) is 12.1 Å². The van der Waals surface area contributed by atoms with Gasteiger partial charge in [-0.25, -0.2) is 4.39 Å². The number of fused-ring (bicyclic) bond motifs is 1. The predicted octanol–water partition coefficient (Wildman–Crippen LogP) is 5.23. The third kappa shape index (κ3) is 2.56. The highest BCUT2D eigenvalue weighted by Gasteiger charge is 2.22. The molecule has 1 nitrogen and oxygen atoms in total. The summed E-state index contributed by atoms with van der Waals surface area (Å²) >= 11 is 11.8. The van der Waals surface area contributed by atoms with Gasteiger partial charge in [0, 0.05) is 10.7 Å². The van der Waals surface area contributed by atoms with Crippen molar-refractivity contribution in [1.82, 2.24) is 0 Å². The zero-order chi connectivity index (χ0) is 13.4. The molecule has 0 aromatic heterocycles. The highest BCUT2D eigenvalue weighted by molar-refractivity contribution is 6.31. The Bertz CT molecular complexity index is 628. The van der Waals surface area contributed by atoms with Gasteiger partial charge in [-0.05, 0) is 54.3 Å². The van der Waals surface area contributed by atoms with Gasteiger partial charge in [-0.2, -0.15) is 0 Å². The van der Waals surface area contributed by atoms with Crippen LogP contribution in [0, 0.1) is 5.82 Å². The first-order valence-electron chi connectivity index (χ1n) is 6.13. The van der Waals surface area contributed by atoms with Crippen LogP contribution < -0.4 is 5.32 Å². The Morgan fingerprint density at radius 1 is 1.11 bits per heavy atom. The molecule has 1 aliphatic rings. The fourth-order valence-corrected chi connectivity index (χ4v) is 2.90. The van der Waals surface area contributed by atoms with E-state index in [9.17, 15) is 4.39 Å². The first-order chi connectivity index (χ1) is 9.13. The normalized spacial score (nSPS) is 17.3. The van der Waals surface area contributed by atoms with Crippen molar-refractivity contribution in [3.8, 4) is 0 Å². The maximum atomic E-state index is 13.1. The maximum absolute atomic E-state index is 13.1. The molecule has 0 spiro atoms. The van der Waals surface area contributed by atoms with Crippen LogP contribution in [0.15, 0.2) is 36.4 Å². The van der Waals surface area contributed by atoms with E-state index in [1.807, 2.05) is 18.2 Å². The molecule has 2 aromatic carbocycles. The minimum atomic E-state index is -0.397. The van der Waals surface area contributed by atoms with E-state index in [-0.39, 0.29) is 11.1 Å². The van der Waals surface area contributed by atoms with Crippen molar-refractivity contribution in [2.24, 2.45) is 0 Å². The number of rotatable bonds is 2. The summed E-state index contributed by atoms with van der Waals surface area (Å²) < 4.78 is 13.1. The molecule has 19 heavy (non-hydrogen) atoms. The van der Waals surface area contributed by atoms with Gasteiger partial charge >= 0.3 is 0 Å². The second-order valence-corrected chi connectivity index (χ2v) is 5.55. The topological polar surface area (TPSA) is 12.0 Å². The summed E-state index contributed by atoms with van der Waals surface area (Å²) in [5.41, 5.74) is 3.36. The van der Waals surface area contributed by atoms with Gasteiger partial charge < -0.3 is 5.32 Å². The van der Waals surface area contributed by atoms with Gasteiger partial charge in [0.25, 0.3) is 0 Å². The summed E-state index contributed by atoms with van der Waals surface area (Å²) in [5.74, 6) is -0.397. The SMILES string of the molecule is Fc1ccc(NC2CCc3cc(Cl)ccc32)cc1Cl. The van der Waals surface area contributed by atoms with Crippen LogP contribution in [-0.2, 0) is 6.42 Å². The average Bonchev–Trinajstić information content (AvgIpc) is 2.76. The summed E-state index contributed by atoms with van der Waals surface area (Å²) in [6.07, 6.45) is 2.01. The van der Waals surface area contributed by atoms with Crippen LogP contribution >= 0.6 is 23.2 Å². The van der Waals surface area contributed by atoms with E-state index >= 15 is 0 Å². The Labute approximate surface area is 121 Å². The van der Waals surface area contributed by atoms with Crippen LogP contribution in [-0.4, -0.2) is 0 Å². The molecule has 0 saturated heterocycles. The van der Waals surface area contributed by atoms with Gasteiger partial charge in [-0.3, -0.25) is 0 Å². The molecule has 4 heteroatoms. The lowest BCUT2D eigenvalue weighted by Crippen LogP contribution is -2.07. The van der Waals surface area contributed by atoms with E-state index in [1.165, 1.54) is 17.2 Å². The Morgan fingerprint density at radius 3 is 2.74 bits per heavy atom. The van der Waals surface area contributed by atoms with Crippen molar-refractivity contribution in [3.05, 3.63) is 63.4 Å². The van der Waals surface area contributed by atoms with Gasteiger partial charge in [-0.15, -0.1) is 0 Å². The van der Waals surface area contributed by atoms with Crippen LogP contribution in [0.5, 0.6) is 0 Å². The maximum Gasteiger partial charge on any atom is 0.141 e. The van der Waals surface area contributed by atoms with Gasteiger partial charge in [0.2, 0.25) is 0 Å². The molecular weight excluding hydrogens is 284 g/mol. The second-order valence-electron chi connectivity index (χ2n) is 4.71. The molecule has 1 unspecified atom stereocenters. The molecule has 1 aliphatic carbocycles. The van der Waals surface area contributed by atoms with E-state index in [0.29, 0.717) is 0 Å². The molecule has 0 aliphatic heterocycles. The quantitative estimate of drug-likeness (QED) is 0.800. The fraction of sp³-hybridized carbons (Fsp3) is 0.200. The van der Waals surface area contributed by atoms with Crippen LogP contribution in [0.1, 0.15) is 23.6 Å². The molecular formula is C15H12Cl2FN. The molecule has 0 bridgehead atoms. The molecule has 0 radical (unpaired) electrons. The smallest absolute Gasteiger partial charge is 0.141 e. The zero-order valence-corrected chi connectivity index (χ0v) is 11.6. The number of anilines is 1. The predicted molar refractivity (Wildman–Crippen MR) is 77.5 cm³/mol. The molecule has 0 heterocycles. The number of hydrogen-bond acceptors (Lipinski definition) is 1. The number of nitrogens with one attached hydrogen (secondary N) is 1. The Balaban J connectivity index is 1.84. The number of halogens is 3. The highest BCUT2D eigenvalue weighted by atomic mass is 35.5. The summed E-state index contributed by atoms with van der Waals surface area (Å²) in [6, 6.07) is 10.9. The number of aryl methyl sites for hydroxylation is 1. The Kier molecular flexibility index (Phi) is 3.38. The van der Waals surface area contributed by atoms with E-state index in [2.05, 4.69) is 5.32 Å². The van der Waals surface area contributed by atoms with Crippen LogP contribution in [0.25, 0.3) is 0 Å². The zero-order valence-electron chi connectivity index (χ0n) is 10.1. The third-order valence-corrected chi connectivity index (χ3v) is 3.97. The molecule has 2 aromatic rings. The molecule has 0 fully saturated rings. The summed E-state index contributed by atoms with van der Waals surface area (Å²) in [6.45, 7) is 0. The van der Waals surface area contributed by atoms with Gasteiger partial charge in [0.05, 0.1) is 11.1 Å².